The van der Waals surface area contributed by atoms with E-state index in [1.807, 2.05) is 36.4 Å². The summed E-state index contributed by atoms with van der Waals surface area (Å²) in [5, 5.41) is 19.9. The Morgan fingerprint density at radius 3 is 2.46 bits per heavy atom. The first-order valence-corrected chi connectivity index (χ1v) is 16.4. The van der Waals surface area contributed by atoms with Crippen LogP contribution in [0.2, 0.25) is 0 Å². The largest absolute Gasteiger partial charge is 0.459 e. The molecule has 7 rings (SSSR count). The third-order valence-electron chi connectivity index (χ3n) is 10.2. The molecule has 3 saturated heterocycles. The highest BCUT2D eigenvalue weighted by molar-refractivity contribution is 6.06. The SMILES string of the molecule is O=C1[C@@H]2[C@@H](CC(CO)=C3[C@@H](CC/C(=C/c4ccc(CO)o4)c4ccccn4)OC[C@@H]32)C(=O)N1C1CCN(Cc2ccccc2)CC1. The lowest BCUT2D eigenvalue weighted by Crippen LogP contribution is -2.47. The number of amides is 2. The number of hydrogen-bond donors (Lipinski definition) is 2. The third-order valence-corrected chi connectivity index (χ3v) is 10.2. The fraction of sp³-hybridized carbons (Fsp3) is 0.432. The molecule has 0 saturated carbocycles. The van der Waals surface area contributed by atoms with Gasteiger partial charge >= 0.3 is 0 Å². The number of aliphatic hydroxyl groups excluding tert-OH is 2. The highest BCUT2D eigenvalue weighted by Crippen LogP contribution is 2.50. The molecule has 3 aromatic rings. The van der Waals surface area contributed by atoms with E-state index in [1.165, 1.54) is 5.56 Å². The molecule has 9 nitrogen and oxygen atoms in total. The number of hydrogen-bond acceptors (Lipinski definition) is 8. The number of piperidine rings is 1. The third kappa shape index (κ3) is 6.00. The zero-order valence-electron chi connectivity index (χ0n) is 26.0. The standard InChI is InChI=1S/C37H41N3O6/c41-21-26-19-30-35(37(44)40(36(30)43)27-13-16-39(17-14-27)20-24-6-2-1-3-7-24)31-23-45-33(34(26)31)12-9-25(32-8-4-5-15-38-32)18-28-10-11-29(22-42)46-28/h1-8,10-11,15,18,27,30-31,33,35,41-42H,9,12-14,16-17,19-23H2/b25-18-/t30-,31+,33-,35-/m1/s1. The Morgan fingerprint density at radius 2 is 1.74 bits per heavy atom. The summed E-state index contributed by atoms with van der Waals surface area (Å²) in [6.07, 6.45) is 6.64. The Bertz CT molecular complexity index is 1610. The molecule has 2 aromatic heterocycles. The molecule has 4 aliphatic rings. The summed E-state index contributed by atoms with van der Waals surface area (Å²) >= 11 is 0. The number of benzene rings is 1. The van der Waals surface area contributed by atoms with Crippen LogP contribution >= 0.6 is 0 Å². The number of rotatable bonds is 10. The molecule has 9 heteroatoms. The predicted octanol–water partition coefficient (Wildman–Crippen LogP) is 4.46. The van der Waals surface area contributed by atoms with Crippen LogP contribution in [0.1, 0.15) is 54.9 Å². The van der Waals surface area contributed by atoms with Crippen molar-refractivity contribution in [3.05, 3.63) is 101 Å². The van der Waals surface area contributed by atoms with E-state index in [0.29, 0.717) is 37.4 Å². The number of carbonyl (C=O) groups is 2. The normalized spacial score (nSPS) is 25.8. The van der Waals surface area contributed by atoms with E-state index in [2.05, 4.69) is 34.1 Å². The van der Waals surface area contributed by atoms with Crippen molar-refractivity contribution in [3.8, 4) is 0 Å². The van der Waals surface area contributed by atoms with Gasteiger partial charge in [-0.3, -0.25) is 24.4 Å². The molecule has 4 atom stereocenters. The van der Waals surface area contributed by atoms with E-state index in [0.717, 1.165) is 54.9 Å². The molecule has 0 radical (unpaired) electrons. The summed E-state index contributed by atoms with van der Waals surface area (Å²) in [7, 11) is 0. The van der Waals surface area contributed by atoms with Gasteiger partial charge < -0.3 is 19.4 Å². The molecule has 1 aromatic carbocycles. The van der Waals surface area contributed by atoms with Crippen LogP contribution in [0.25, 0.3) is 11.6 Å². The van der Waals surface area contributed by atoms with Crippen molar-refractivity contribution < 1.29 is 29.0 Å². The van der Waals surface area contributed by atoms with E-state index < -0.39 is 11.8 Å². The molecular formula is C37H41N3O6. The lowest BCUT2D eigenvalue weighted by Gasteiger charge is -2.36. The van der Waals surface area contributed by atoms with Gasteiger partial charge in [0, 0.05) is 37.8 Å². The van der Waals surface area contributed by atoms with E-state index >= 15 is 0 Å². The second kappa shape index (κ2) is 13.5. The molecule has 2 N–H and O–H groups in total. The van der Waals surface area contributed by atoms with Crippen LogP contribution in [0.4, 0.5) is 0 Å². The van der Waals surface area contributed by atoms with E-state index in [-0.39, 0.29) is 43.1 Å². The lowest BCUT2D eigenvalue weighted by molar-refractivity contribution is -0.144. The molecule has 240 valence electrons. The van der Waals surface area contributed by atoms with E-state index in [1.54, 1.807) is 17.2 Å². The van der Waals surface area contributed by atoms with Crippen LogP contribution in [0.15, 0.2) is 82.4 Å². The fourth-order valence-electron chi connectivity index (χ4n) is 8.02. The van der Waals surface area contributed by atoms with Gasteiger partial charge in [-0.1, -0.05) is 36.4 Å². The van der Waals surface area contributed by atoms with Gasteiger partial charge in [-0.05, 0) is 84.7 Å². The quantitative estimate of drug-likeness (QED) is 0.251. The molecule has 5 heterocycles. The Balaban J connectivity index is 1.05. The summed E-state index contributed by atoms with van der Waals surface area (Å²) in [4.78, 5) is 36.4. The summed E-state index contributed by atoms with van der Waals surface area (Å²) in [5.41, 5.74) is 4.90. The van der Waals surface area contributed by atoms with Crippen molar-refractivity contribution in [1.82, 2.24) is 14.8 Å². The van der Waals surface area contributed by atoms with Crippen LogP contribution in [0, 0.1) is 17.8 Å². The van der Waals surface area contributed by atoms with Crippen LogP contribution < -0.4 is 0 Å². The fourth-order valence-corrected chi connectivity index (χ4v) is 8.02. The Morgan fingerprint density at radius 1 is 0.935 bits per heavy atom. The van der Waals surface area contributed by atoms with Crippen LogP contribution in [-0.2, 0) is 27.5 Å². The van der Waals surface area contributed by atoms with Gasteiger partial charge in [0.1, 0.15) is 18.1 Å². The van der Waals surface area contributed by atoms with Gasteiger partial charge in [0.05, 0.1) is 36.8 Å². The molecule has 0 bridgehead atoms. The number of carbonyl (C=O) groups excluding carboxylic acids is 2. The van der Waals surface area contributed by atoms with Crippen molar-refractivity contribution in [1.29, 1.82) is 0 Å². The van der Waals surface area contributed by atoms with Crippen LogP contribution in [-0.4, -0.2) is 75.3 Å². The number of imide groups is 1. The van der Waals surface area contributed by atoms with Gasteiger partial charge in [-0.15, -0.1) is 0 Å². The van der Waals surface area contributed by atoms with E-state index in [9.17, 15) is 19.8 Å². The second-order valence-corrected chi connectivity index (χ2v) is 12.9. The van der Waals surface area contributed by atoms with Gasteiger partial charge in [0.2, 0.25) is 11.8 Å². The van der Waals surface area contributed by atoms with Gasteiger partial charge in [0.15, 0.2) is 0 Å². The van der Waals surface area contributed by atoms with Gasteiger partial charge in [0.25, 0.3) is 0 Å². The minimum atomic E-state index is -0.434. The molecule has 3 fully saturated rings. The van der Waals surface area contributed by atoms with Crippen LogP contribution in [0.5, 0.6) is 0 Å². The average Bonchev–Trinajstić information content (AvgIpc) is 3.80. The molecular weight excluding hydrogens is 582 g/mol. The second-order valence-electron chi connectivity index (χ2n) is 12.9. The topological polar surface area (TPSA) is 116 Å². The number of ether oxygens (including phenoxy) is 1. The molecule has 0 spiro atoms. The minimum Gasteiger partial charge on any atom is -0.459 e. The first-order chi connectivity index (χ1) is 22.5. The number of nitrogens with zero attached hydrogens (tertiary/aromatic N) is 3. The number of furan rings is 1. The highest BCUT2D eigenvalue weighted by atomic mass is 16.5. The predicted molar refractivity (Wildman–Crippen MR) is 172 cm³/mol. The summed E-state index contributed by atoms with van der Waals surface area (Å²) in [5.74, 6) is -0.0899. The van der Waals surface area contributed by atoms with Gasteiger partial charge in [-0.2, -0.15) is 0 Å². The maximum absolute atomic E-state index is 14.1. The zero-order chi connectivity index (χ0) is 31.6. The molecule has 46 heavy (non-hydrogen) atoms. The molecule has 0 unspecified atom stereocenters. The van der Waals surface area contributed by atoms with Crippen molar-refractivity contribution in [2.24, 2.45) is 17.8 Å². The first-order valence-electron chi connectivity index (χ1n) is 16.4. The maximum Gasteiger partial charge on any atom is 0.234 e. The number of aromatic nitrogens is 1. The molecule has 2 amide bonds. The Hall–Kier alpha value is -3.89. The lowest BCUT2D eigenvalue weighted by atomic mass is 9.69. The number of fused-ring (bicyclic) bond motifs is 3. The molecule has 1 aliphatic carbocycles. The zero-order valence-corrected chi connectivity index (χ0v) is 26.0. The monoisotopic (exact) mass is 623 g/mol. The van der Waals surface area contributed by atoms with Crippen molar-refractivity contribution in [2.45, 2.75) is 57.4 Å². The minimum absolute atomic E-state index is 0.0631. The van der Waals surface area contributed by atoms with Crippen molar-refractivity contribution >= 4 is 23.5 Å². The number of aliphatic hydroxyl groups is 2. The number of pyridine rings is 1. The van der Waals surface area contributed by atoms with Gasteiger partial charge in [-0.25, -0.2) is 0 Å². The summed E-state index contributed by atoms with van der Waals surface area (Å²) in [6.45, 7) is 2.61. The average molecular weight is 624 g/mol. The van der Waals surface area contributed by atoms with Crippen molar-refractivity contribution in [2.75, 3.05) is 26.3 Å². The maximum atomic E-state index is 14.1. The number of allylic oxidation sites excluding steroid dienone is 1. The van der Waals surface area contributed by atoms with Crippen LogP contribution in [0.3, 0.4) is 0 Å². The highest BCUT2D eigenvalue weighted by Gasteiger charge is 2.58. The summed E-state index contributed by atoms with van der Waals surface area (Å²) < 4.78 is 12.1. The van der Waals surface area contributed by atoms with E-state index in [4.69, 9.17) is 9.15 Å². The first kappa shape index (κ1) is 30.7. The Labute approximate surface area is 269 Å². The summed E-state index contributed by atoms with van der Waals surface area (Å²) in [6, 6.07) is 19.6. The smallest absolute Gasteiger partial charge is 0.234 e. The number of likely N-dealkylation sites (tertiary alicyclic amines) is 2. The molecule has 3 aliphatic heterocycles. The Kier molecular flexibility index (Phi) is 8.99. The van der Waals surface area contributed by atoms with Crippen molar-refractivity contribution in [3.63, 3.8) is 0 Å².